The summed E-state index contributed by atoms with van der Waals surface area (Å²) in [4.78, 5) is 3.78. The minimum absolute atomic E-state index is 0.298. The van der Waals surface area contributed by atoms with Gasteiger partial charge in [0.1, 0.15) is 16.2 Å². The van der Waals surface area contributed by atoms with Crippen molar-refractivity contribution in [3.63, 3.8) is 0 Å². The molecule has 0 spiro atoms. The Bertz CT molecular complexity index is 1430. The van der Waals surface area contributed by atoms with Crippen LogP contribution in [0.15, 0.2) is 60.8 Å². The van der Waals surface area contributed by atoms with Gasteiger partial charge in [-0.3, -0.25) is 4.68 Å². The molecule has 2 aliphatic carbocycles. The standard InChI is InChI=1S/C25H27BrN4O4S/c1-25(35(31,32)30-12-7-18-3-2-11-27-24(18)30)10-6-20(15-22(25)26)34-21-16-29(19-4-5-19)28-23(21)17-8-13-33-14-9-17/h2-3,6-7,10-12,15-17,19,22H,4-5,8-9,13-14H2,1H3. The van der Waals surface area contributed by atoms with E-state index < -0.39 is 19.6 Å². The smallest absolute Gasteiger partial charge is 0.250 e. The molecule has 35 heavy (non-hydrogen) atoms. The van der Waals surface area contributed by atoms with Crippen molar-refractivity contribution in [1.29, 1.82) is 0 Å². The summed E-state index contributed by atoms with van der Waals surface area (Å²) in [7, 11) is -3.82. The Morgan fingerprint density at radius 1 is 1.20 bits per heavy atom. The number of halogens is 1. The van der Waals surface area contributed by atoms with Gasteiger partial charge in [-0.25, -0.2) is 17.4 Å². The molecule has 0 aromatic carbocycles. The van der Waals surface area contributed by atoms with Crippen LogP contribution in [-0.2, 0) is 14.8 Å². The first-order valence-corrected chi connectivity index (χ1v) is 14.3. The fourth-order valence-electron chi connectivity index (χ4n) is 4.72. The highest BCUT2D eigenvalue weighted by molar-refractivity contribution is 9.09. The molecule has 1 saturated heterocycles. The third-order valence-electron chi connectivity index (χ3n) is 7.15. The van der Waals surface area contributed by atoms with Gasteiger partial charge < -0.3 is 9.47 Å². The van der Waals surface area contributed by atoms with E-state index in [2.05, 4.69) is 20.9 Å². The summed E-state index contributed by atoms with van der Waals surface area (Å²) in [5, 5.41) is 5.65. The fraction of sp³-hybridized carbons (Fsp3) is 0.440. The molecule has 10 heteroatoms. The number of pyridine rings is 1. The number of aromatic nitrogens is 4. The third-order valence-corrected chi connectivity index (χ3v) is 11.0. The molecule has 0 radical (unpaired) electrons. The van der Waals surface area contributed by atoms with Crippen LogP contribution in [0.5, 0.6) is 5.75 Å². The molecule has 3 aromatic rings. The summed E-state index contributed by atoms with van der Waals surface area (Å²) in [5.41, 5.74) is 1.38. The summed E-state index contributed by atoms with van der Waals surface area (Å²) in [6.45, 7) is 3.16. The summed E-state index contributed by atoms with van der Waals surface area (Å²) in [6, 6.07) is 5.85. The first-order chi connectivity index (χ1) is 16.9. The number of hydrogen-bond donors (Lipinski definition) is 0. The van der Waals surface area contributed by atoms with Crippen molar-refractivity contribution in [3.8, 4) is 5.75 Å². The predicted molar refractivity (Wildman–Crippen MR) is 136 cm³/mol. The highest BCUT2D eigenvalue weighted by Gasteiger charge is 2.46. The number of rotatable bonds is 6. The lowest BCUT2D eigenvalue weighted by molar-refractivity contribution is 0.0839. The molecular weight excluding hydrogens is 532 g/mol. The molecule has 1 saturated carbocycles. The van der Waals surface area contributed by atoms with E-state index in [9.17, 15) is 8.42 Å². The van der Waals surface area contributed by atoms with Crippen LogP contribution in [-0.4, -0.2) is 49.9 Å². The van der Waals surface area contributed by atoms with Gasteiger partial charge in [-0.2, -0.15) is 5.10 Å². The predicted octanol–water partition coefficient (Wildman–Crippen LogP) is 4.69. The lowest BCUT2D eigenvalue weighted by atomic mass is 9.96. The van der Waals surface area contributed by atoms with Gasteiger partial charge in [0.25, 0.3) is 10.0 Å². The Kier molecular flexibility index (Phi) is 5.65. The zero-order chi connectivity index (χ0) is 24.2. The van der Waals surface area contributed by atoms with Crippen LogP contribution >= 0.6 is 15.9 Å². The van der Waals surface area contributed by atoms with Crippen molar-refractivity contribution in [3.05, 3.63) is 66.5 Å². The van der Waals surface area contributed by atoms with Crippen LogP contribution in [0.25, 0.3) is 11.0 Å². The van der Waals surface area contributed by atoms with E-state index in [0.29, 0.717) is 23.4 Å². The number of fused-ring (bicyclic) bond motifs is 1. The van der Waals surface area contributed by atoms with Crippen LogP contribution in [0.3, 0.4) is 0 Å². The second kappa shape index (κ2) is 8.60. The van der Waals surface area contributed by atoms with Crippen molar-refractivity contribution in [2.45, 2.75) is 54.1 Å². The minimum atomic E-state index is -3.82. The average Bonchev–Trinajstić information content (AvgIpc) is 3.48. The van der Waals surface area contributed by atoms with Gasteiger partial charge in [0.05, 0.1) is 17.1 Å². The van der Waals surface area contributed by atoms with Crippen LogP contribution in [0, 0.1) is 0 Å². The summed E-state index contributed by atoms with van der Waals surface area (Å²) < 4.78 is 41.4. The monoisotopic (exact) mass is 558 g/mol. The topological polar surface area (TPSA) is 88.2 Å². The second-order valence-electron chi connectivity index (χ2n) is 9.60. The van der Waals surface area contributed by atoms with Crippen LogP contribution in [0.4, 0.5) is 0 Å². The SMILES string of the molecule is CC1(S(=O)(=O)n2ccc3cccnc32)C=CC(Oc2cn(C3CC3)nc2C2CCOCC2)=CC1Br. The minimum Gasteiger partial charge on any atom is -0.454 e. The maximum atomic E-state index is 13.8. The molecule has 3 aromatic heterocycles. The van der Waals surface area contributed by atoms with E-state index in [1.807, 2.05) is 23.0 Å². The van der Waals surface area contributed by atoms with Gasteiger partial charge in [0, 0.05) is 36.9 Å². The maximum Gasteiger partial charge on any atom is 0.250 e. The lowest BCUT2D eigenvalue weighted by Gasteiger charge is -2.32. The maximum absolute atomic E-state index is 13.8. The summed E-state index contributed by atoms with van der Waals surface area (Å²) >= 11 is 3.63. The van der Waals surface area contributed by atoms with Crippen molar-refractivity contribution >= 4 is 37.0 Å². The molecule has 2 unspecified atom stereocenters. The van der Waals surface area contributed by atoms with E-state index in [1.54, 1.807) is 43.6 Å². The van der Waals surface area contributed by atoms with Gasteiger partial charge in [0.15, 0.2) is 11.4 Å². The Balaban J connectivity index is 1.29. The molecule has 4 heterocycles. The molecule has 1 aliphatic heterocycles. The van der Waals surface area contributed by atoms with Crippen LogP contribution in [0.1, 0.15) is 50.3 Å². The van der Waals surface area contributed by atoms with E-state index in [1.165, 1.54) is 3.97 Å². The quantitative estimate of drug-likeness (QED) is 0.407. The molecule has 2 fully saturated rings. The van der Waals surface area contributed by atoms with Gasteiger partial charge >= 0.3 is 0 Å². The van der Waals surface area contributed by atoms with E-state index in [0.717, 1.165) is 55.7 Å². The zero-order valence-corrected chi connectivity index (χ0v) is 21.8. The van der Waals surface area contributed by atoms with Crippen molar-refractivity contribution in [2.75, 3.05) is 13.2 Å². The third kappa shape index (κ3) is 3.95. The molecule has 8 nitrogen and oxygen atoms in total. The number of hydrogen-bond acceptors (Lipinski definition) is 6. The van der Waals surface area contributed by atoms with Gasteiger partial charge in [-0.05, 0) is 63.0 Å². The van der Waals surface area contributed by atoms with E-state index >= 15 is 0 Å². The van der Waals surface area contributed by atoms with Crippen LogP contribution in [0.2, 0.25) is 0 Å². The molecule has 3 aliphatic rings. The summed E-state index contributed by atoms with van der Waals surface area (Å²) in [5.74, 6) is 1.64. The van der Waals surface area contributed by atoms with E-state index in [4.69, 9.17) is 14.6 Å². The fourth-order valence-corrected chi connectivity index (χ4v) is 7.46. The van der Waals surface area contributed by atoms with E-state index in [-0.39, 0.29) is 0 Å². The number of ether oxygens (including phenoxy) is 2. The summed E-state index contributed by atoms with van der Waals surface area (Å²) in [6.07, 6.45) is 14.5. The normalized spacial score (nSPS) is 25.7. The highest BCUT2D eigenvalue weighted by atomic mass is 79.9. The van der Waals surface area contributed by atoms with Crippen molar-refractivity contribution in [2.24, 2.45) is 0 Å². The molecule has 0 bridgehead atoms. The average molecular weight is 559 g/mol. The van der Waals surface area contributed by atoms with Gasteiger partial charge in [-0.15, -0.1) is 0 Å². The molecular formula is C25H27BrN4O4S. The molecule has 0 amide bonds. The Hall–Kier alpha value is -2.43. The Morgan fingerprint density at radius 3 is 2.74 bits per heavy atom. The van der Waals surface area contributed by atoms with Crippen molar-refractivity contribution in [1.82, 2.24) is 18.7 Å². The lowest BCUT2D eigenvalue weighted by Crippen LogP contribution is -2.45. The molecule has 0 N–H and O–H groups in total. The number of allylic oxidation sites excluding steroid dienone is 2. The number of alkyl halides is 1. The molecule has 184 valence electrons. The van der Waals surface area contributed by atoms with Crippen LogP contribution < -0.4 is 4.74 Å². The van der Waals surface area contributed by atoms with Gasteiger partial charge in [-0.1, -0.05) is 22.0 Å². The molecule has 6 rings (SSSR count). The van der Waals surface area contributed by atoms with Gasteiger partial charge in [0.2, 0.25) is 0 Å². The zero-order valence-electron chi connectivity index (χ0n) is 19.4. The highest BCUT2D eigenvalue weighted by Crippen LogP contribution is 2.41. The number of nitrogens with zero attached hydrogens (tertiary/aromatic N) is 4. The molecule has 2 atom stereocenters. The second-order valence-corrected chi connectivity index (χ2v) is 12.8. The largest absolute Gasteiger partial charge is 0.454 e. The Morgan fingerprint density at radius 2 is 2.00 bits per heavy atom. The Labute approximate surface area is 212 Å². The van der Waals surface area contributed by atoms with Crippen molar-refractivity contribution < 1.29 is 17.9 Å². The first-order valence-electron chi connectivity index (χ1n) is 11.9. The first kappa shape index (κ1) is 23.0.